The molecule has 19 heavy (non-hydrogen) atoms. The van der Waals surface area contributed by atoms with Crippen molar-refractivity contribution >= 4 is 24.8 Å². The van der Waals surface area contributed by atoms with Crippen LogP contribution in [0.25, 0.3) is 0 Å². The van der Waals surface area contributed by atoms with Crippen LogP contribution in [0.1, 0.15) is 18.0 Å². The van der Waals surface area contributed by atoms with Gasteiger partial charge in [-0.15, -0.1) is 24.8 Å². The van der Waals surface area contributed by atoms with Crippen LogP contribution in [0.4, 0.5) is 4.39 Å². The highest BCUT2D eigenvalue weighted by Crippen LogP contribution is 2.26. The van der Waals surface area contributed by atoms with Crippen LogP contribution >= 0.6 is 24.8 Å². The zero-order valence-electron chi connectivity index (χ0n) is 10.5. The molecule has 0 spiro atoms. The molecule has 1 aromatic carbocycles. The van der Waals surface area contributed by atoms with E-state index in [9.17, 15) is 4.39 Å². The summed E-state index contributed by atoms with van der Waals surface area (Å²) in [6.45, 7) is 3.52. The molecule has 0 aromatic heterocycles. The average molecular weight is 306 g/mol. The monoisotopic (exact) mass is 305 g/mol. The van der Waals surface area contributed by atoms with Crippen LogP contribution in [0.2, 0.25) is 0 Å². The Hall–Kier alpha value is -0.860. The molecule has 1 aliphatic rings. The van der Waals surface area contributed by atoms with Crippen LogP contribution in [0.3, 0.4) is 0 Å². The smallest absolute Gasteiger partial charge is 0.128 e. The van der Waals surface area contributed by atoms with Gasteiger partial charge in [-0.2, -0.15) is 5.26 Å². The van der Waals surface area contributed by atoms with E-state index < -0.39 is 0 Å². The lowest BCUT2D eigenvalue weighted by Gasteiger charge is -2.34. The van der Waals surface area contributed by atoms with Crippen molar-refractivity contribution in [2.75, 3.05) is 26.2 Å². The number of rotatable bonds is 3. The lowest BCUT2D eigenvalue weighted by molar-refractivity contribution is 0.172. The highest BCUT2D eigenvalue weighted by molar-refractivity contribution is 5.85. The summed E-state index contributed by atoms with van der Waals surface area (Å²) in [5, 5.41) is 12.2. The molecule has 0 radical (unpaired) electrons. The Morgan fingerprint density at radius 2 is 1.89 bits per heavy atom. The van der Waals surface area contributed by atoms with E-state index in [4.69, 9.17) is 5.26 Å². The lowest BCUT2D eigenvalue weighted by Crippen LogP contribution is -2.45. The molecule has 1 saturated heterocycles. The van der Waals surface area contributed by atoms with Crippen molar-refractivity contribution in [3.05, 3.63) is 35.6 Å². The Labute approximate surface area is 125 Å². The predicted molar refractivity (Wildman–Crippen MR) is 78.3 cm³/mol. The van der Waals surface area contributed by atoms with Crippen molar-refractivity contribution in [3.8, 4) is 6.07 Å². The van der Waals surface area contributed by atoms with Gasteiger partial charge >= 0.3 is 0 Å². The first kappa shape index (κ1) is 18.1. The van der Waals surface area contributed by atoms with Gasteiger partial charge in [0.2, 0.25) is 0 Å². The highest BCUT2D eigenvalue weighted by atomic mass is 35.5. The summed E-state index contributed by atoms with van der Waals surface area (Å²) in [5.74, 6) is -0.216. The van der Waals surface area contributed by atoms with Crippen LogP contribution in [0.15, 0.2) is 24.3 Å². The van der Waals surface area contributed by atoms with Crippen LogP contribution in [0.5, 0.6) is 0 Å². The molecule has 3 nitrogen and oxygen atoms in total. The largest absolute Gasteiger partial charge is 0.314 e. The molecule has 0 unspecified atom stereocenters. The number of piperazine rings is 1. The van der Waals surface area contributed by atoms with E-state index >= 15 is 0 Å². The topological polar surface area (TPSA) is 39.1 Å². The third kappa shape index (κ3) is 4.63. The fourth-order valence-electron chi connectivity index (χ4n) is 2.26. The molecule has 106 valence electrons. The maximum atomic E-state index is 13.8. The van der Waals surface area contributed by atoms with Crippen molar-refractivity contribution in [1.82, 2.24) is 10.2 Å². The fraction of sp³-hybridized carbons (Fsp3) is 0.462. The SMILES string of the molecule is Cl.Cl.N#CC[C@H](c1ccccc1F)N1CCNCC1. The highest BCUT2D eigenvalue weighted by Gasteiger charge is 2.23. The summed E-state index contributed by atoms with van der Waals surface area (Å²) in [6.07, 6.45) is 0.334. The van der Waals surface area contributed by atoms with E-state index in [1.165, 1.54) is 6.07 Å². The van der Waals surface area contributed by atoms with E-state index in [1.54, 1.807) is 12.1 Å². The van der Waals surface area contributed by atoms with E-state index in [0.29, 0.717) is 12.0 Å². The van der Waals surface area contributed by atoms with Gasteiger partial charge in [-0.05, 0) is 6.07 Å². The molecule has 2 rings (SSSR count). The van der Waals surface area contributed by atoms with Crippen LogP contribution in [-0.2, 0) is 0 Å². The van der Waals surface area contributed by atoms with Gasteiger partial charge in [0.15, 0.2) is 0 Å². The molecule has 0 aliphatic carbocycles. The maximum absolute atomic E-state index is 13.8. The Morgan fingerprint density at radius 1 is 1.26 bits per heavy atom. The fourth-order valence-corrected chi connectivity index (χ4v) is 2.26. The second-order valence-corrected chi connectivity index (χ2v) is 4.19. The second kappa shape index (κ2) is 9.11. The van der Waals surface area contributed by atoms with Gasteiger partial charge < -0.3 is 5.32 Å². The first-order valence-corrected chi connectivity index (χ1v) is 5.89. The van der Waals surface area contributed by atoms with Crippen LogP contribution in [0, 0.1) is 17.1 Å². The van der Waals surface area contributed by atoms with Crippen molar-refractivity contribution in [1.29, 1.82) is 5.26 Å². The van der Waals surface area contributed by atoms with Gasteiger partial charge in [0.25, 0.3) is 0 Å². The number of hydrogen-bond donors (Lipinski definition) is 1. The number of nitrogens with zero attached hydrogens (tertiary/aromatic N) is 2. The molecular weight excluding hydrogens is 288 g/mol. The standard InChI is InChI=1S/C13H16FN3.2ClH/c14-12-4-2-1-3-11(12)13(5-6-15)17-9-7-16-8-10-17;;/h1-4,13,16H,5,7-10H2;2*1H/t13-;;/m1../s1. The van der Waals surface area contributed by atoms with Gasteiger partial charge in [0.1, 0.15) is 5.82 Å². The quantitative estimate of drug-likeness (QED) is 0.933. The van der Waals surface area contributed by atoms with E-state index in [1.807, 2.05) is 6.07 Å². The molecule has 0 bridgehead atoms. The Bertz CT molecular complexity index is 417. The minimum absolute atomic E-state index is 0. The minimum Gasteiger partial charge on any atom is -0.314 e. The summed E-state index contributed by atoms with van der Waals surface area (Å²) >= 11 is 0. The summed E-state index contributed by atoms with van der Waals surface area (Å²) in [7, 11) is 0. The Balaban J connectivity index is 0.00000162. The predicted octanol–water partition coefficient (Wildman–Crippen LogP) is 2.53. The van der Waals surface area contributed by atoms with Crippen molar-refractivity contribution < 1.29 is 4.39 Å². The molecule has 0 amide bonds. The molecule has 1 N–H and O–H groups in total. The van der Waals surface area contributed by atoms with Crippen molar-refractivity contribution in [2.45, 2.75) is 12.5 Å². The Kier molecular flexibility index (Phi) is 8.70. The maximum Gasteiger partial charge on any atom is 0.128 e. The number of hydrogen-bond acceptors (Lipinski definition) is 3. The third-order valence-corrected chi connectivity index (χ3v) is 3.14. The summed E-state index contributed by atoms with van der Waals surface area (Å²) in [6, 6.07) is 8.78. The lowest BCUT2D eigenvalue weighted by atomic mass is 10.0. The molecule has 6 heteroatoms. The zero-order valence-corrected chi connectivity index (χ0v) is 12.1. The molecule has 0 saturated carbocycles. The second-order valence-electron chi connectivity index (χ2n) is 4.19. The van der Waals surface area contributed by atoms with Gasteiger partial charge in [0.05, 0.1) is 18.5 Å². The number of benzene rings is 1. The van der Waals surface area contributed by atoms with E-state index in [0.717, 1.165) is 26.2 Å². The van der Waals surface area contributed by atoms with Gasteiger partial charge in [-0.25, -0.2) is 4.39 Å². The molecule has 1 heterocycles. The van der Waals surface area contributed by atoms with Crippen LogP contribution in [-0.4, -0.2) is 31.1 Å². The van der Waals surface area contributed by atoms with Crippen molar-refractivity contribution in [3.63, 3.8) is 0 Å². The molecule has 1 fully saturated rings. The third-order valence-electron chi connectivity index (χ3n) is 3.14. The number of nitrogens with one attached hydrogen (secondary N) is 1. The summed E-state index contributed by atoms with van der Waals surface area (Å²) in [4.78, 5) is 2.18. The minimum atomic E-state index is -0.216. The zero-order chi connectivity index (χ0) is 12.1. The molecule has 1 atom stereocenters. The molecule has 1 aromatic rings. The molecular formula is C13H18Cl2FN3. The molecule has 1 aliphatic heterocycles. The van der Waals surface area contributed by atoms with E-state index in [-0.39, 0.29) is 36.7 Å². The first-order valence-electron chi connectivity index (χ1n) is 5.89. The van der Waals surface area contributed by atoms with Gasteiger partial charge in [-0.1, -0.05) is 18.2 Å². The summed E-state index contributed by atoms with van der Waals surface area (Å²) in [5.41, 5.74) is 0.635. The first-order chi connectivity index (χ1) is 8.33. The Morgan fingerprint density at radius 3 is 2.47 bits per heavy atom. The van der Waals surface area contributed by atoms with Crippen molar-refractivity contribution in [2.24, 2.45) is 0 Å². The normalized spacial score (nSPS) is 16.6. The van der Waals surface area contributed by atoms with Gasteiger partial charge in [0, 0.05) is 31.7 Å². The number of halogens is 3. The van der Waals surface area contributed by atoms with Crippen LogP contribution < -0.4 is 5.32 Å². The number of nitriles is 1. The summed E-state index contributed by atoms with van der Waals surface area (Å²) < 4.78 is 13.8. The average Bonchev–Trinajstić information content (AvgIpc) is 2.38. The van der Waals surface area contributed by atoms with Gasteiger partial charge in [-0.3, -0.25) is 4.90 Å². The van der Waals surface area contributed by atoms with E-state index in [2.05, 4.69) is 16.3 Å².